The van der Waals surface area contributed by atoms with Gasteiger partial charge in [0.2, 0.25) is 0 Å². The van der Waals surface area contributed by atoms with Crippen molar-refractivity contribution in [2.45, 2.75) is 44.6 Å². The number of hydrogen-bond acceptors (Lipinski definition) is 7. The molecule has 0 aromatic carbocycles. The standard InChI is InChI=1S/C10H14O7/c1-4(11)14-3-6-7(15-5(2)12)8-9(17-8)10(13)16-6/h6-10,13H,3H2,1-2H3/t6-,7-,8+,9+,10+/m1/s1. The number of carbonyl (C=O) groups excluding carboxylic acids is 2. The van der Waals surface area contributed by atoms with E-state index in [1.165, 1.54) is 13.8 Å². The summed E-state index contributed by atoms with van der Waals surface area (Å²) in [5, 5.41) is 9.48. The highest BCUT2D eigenvalue weighted by Gasteiger charge is 2.59. The Balaban J connectivity index is 1.98. The van der Waals surface area contributed by atoms with Crippen LogP contribution in [0.5, 0.6) is 0 Å². The number of aliphatic hydroxyl groups excluding tert-OH is 1. The number of hydrogen-bond donors (Lipinski definition) is 1. The van der Waals surface area contributed by atoms with Crippen molar-refractivity contribution in [3.63, 3.8) is 0 Å². The number of epoxide rings is 1. The molecule has 17 heavy (non-hydrogen) atoms. The molecule has 96 valence electrons. The summed E-state index contributed by atoms with van der Waals surface area (Å²) in [6.45, 7) is 2.44. The van der Waals surface area contributed by atoms with Gasteiger partial charge in [0.15, 0.2) is 12.4 Å². The van der Waals surface area contributed by atoms with Crippen molar-refractivity contribution in [3.05, 3.63) is 0 Å². The molecule has 7 nitrogen and oxygen atoms in total. The average Bonchev–Trinajstić information content (AvgIpc) is 2.99. The van der Waals surface area contributed by atoms with E-state index in [2.05, 4.69) is 0 Å². The molecule has 2 fully saturated rings. The predicted molar refractivity (Wildman–Crippen MR) is 51.7 cm³/mol. The zero-order valence-corrected chi connectivity index (χ0v) is 9.49. The maximum absolute atomic E-state index is 10.9. The van der Waals surface area contributed by atoms with E-state index < -0.39 is 36.5 Å². The first-order valence-corrected chi connectivity index (χ1v) is 5.28. The average molecular weight is 246 g/mol. The van der Waals surface area contributed by atoms with Crippen LogP contribution in [0, 0.1) is 0 Å². The Morgan fingerprint density at radius 2 is 1.88 bits per heavy atom. The van der Waals surface area contributed by atoms with E-state index in [4.69, 9.17) is 18.9 Å². The van der Waals surface area contributed by atoms with Crippen molar-refractivity contribution in [2.75, 3.05) is 6.61 Å². The molecule has 1 N–H and O–H groups in total. The lowest BCUT2D eigenvalue weighted by atomic mass is 10.1. The monoisotopic (exact) mass is 246 g/mol. The first kappa shape index (κ1) is 12.3. The molecule has 2 saturated heterocycles. The minimum absolute atomic E-state index is 0.0864. The van der Waals surface area contributed by atoms with Crippen LogP contribution in [-0.2, 0) is 28.5 Å². The SMILES string of the molecule is CC(=O)OC[C@H]1O[C@H](O)[C@H]2O[C@H]2[C@@H]1OC(C)=O. The zero-order chi connectivity index (χ0) is 12.6. The van der Waals surface area contributed by atoms with Gasteiger partial charge in [0.25, 0.3) is 0 Å². The van der Waals surface area contributed by atoms with Crippen LogP contribution in [0.3, 0.4) is 0 Å². The van der Waals surface area contributed by atoms with Crippen molar-refractivity contribution in [3.8, 4) is 0 Å². The van der Waals surface area contributed by atoms with Gasteiger partial charge < -0.3 is 24.1 Å². The molecule has 0 aromatic rings. The van der Waals surface area contributed by atoms with Gasteiger partial charge in [0.05, 0.1) is 0 Å². The van der Waals surface area contributed by atoms with Gasteiger partial charge in [-0.2, -0.15) is 0 Å². The third kappa shape index (κ3) is 2.74. The maximum Gasteiger partial charge on any atom is 0.303 e. The van der Waals surface area contributed by atoms with E-state index in [0.29, 0.717) is 0 Å². The summed E-state index contributed by atoms with van der Waals surface area (Å²) in [6.07, 6.45) is -3.29. The Bertz CT molecular complexity index is 329. The van der Waals surface area contributed by atoms with E-state index in [9.17, 15) is 14.7 Å². The number of esters is 2. The first-order chi connectivity index (χ1) is 7.99. The Morgan fingerprint density at radius 1 is 1.18 bits per heavy atom. The van der Waals surface area contributed by atoms with Gasteiger partial charge in [-0.05, 0) is 0 Å². The Hall–Kier alpha value is -1.18. The molecule has 2 aliphatic heterocycles. The van der Waals surface area contributed by atoms with Gasteiger partial charge in [0, 0.05) is 13.8 Å². The van der Waals surface area contributed by atoms with Crippen LogP contribution in [0.1, 0.15) is 13.8 Å². The Morgan fingerprint density at radius 3 is 2.47 bits per heavy atom. The van der Waals surface area contributed by atoms with Crippen molar-refractivity contribution < 1.29 is 33.6 Å². The van der Waals surface area contributed by atoms with Crippen molar-refractivity contribution in [1.82, 2.24) is 0 Å². The molecular weight excluding hydrogens is 232 g/mol. The maximum atomic E-state index is 10.9. The Kier molecular flexibility index (Phi) is 3.32. The molecule has 5 atom stereocenters. The number of carbonyl (C=O) groups is 2. The quantitative estimate of drug-likeness (QED) is 0.502. The number of fused-ring (bicyclic) bond motifs is 1. The van der Waals surface area contributed by atoms with Crippen LogP contribution >= 0.6 is 0 Å². The van der Waals surface area contributed by atoms with Crippen LogP contribution in [0.4, 0.5) is 0 Å². The number of aliphatic hydroxyl groups is 1. The predicted octanol–water partition coefficient (Wildman–Crippen LogP) is -1.03. The highest BCUT2D eigenvalue weighted by molar-refractivity contribution is 5.66. The molecule has 2 heterocycles. The summed E-state index contributed by atoms with van der Waals surface area (Å²) >= 11 is 0. The second kappa shape index (κ2) is 4.59. The molecule has 0 radical (unpaired) electrons. The van der Waals surface area contributed by atoms with Gasteiger partial charge in [-0.15, -0.1) is 0 Å². The van der Waals surface area contributed by atoms with E-state index >= 15 is 0 Å². The molecular formula is C10H14O7. The Labute approximate surface area is 97.6 Å². The third-order valence-corrected chi connectivity index (χ3v) is 2.60. The van der Waals surface area contributed by atoms with Crippen LogP contribution in [0.25, 0.3) is 0 Å². The van der Waals surface area contributed by atoms with Crippen LogP contribution in [-0.4, -0.2) is 54.4 Å². The van der Waals surface area contributed by atoms with E-state index in [1.807, 2.05) is 0 Å². The highest BCUT2D eigenvalue weighted by atomic mass is 16.7. The summed E-state index contributed by atoms with van der Waals surface area (Å²) in [5.41, 5.74) is 0. The van der Waals surface area contributed by atoms with Gasteiger partial charge in [-0.3, -0.25) is 9.59 Å². The molecule has 0 saturated carbocycles. The second-order valence-corrected chi connectivity index (χ2v) is 4.01. The first-order valence-electron chi connectivity index (χ1n) is 5.28. The molecule has 0 unspecified atom stereocenters. The molecule has 0 aromatic heterocycles. The lowest BCUT2D eigenvalue weighted by Crippen LogP contribution is -2.49. The van der Waals surface area contributed by atoms with Crippen molar-refractivity contribution in [1.29, 1.82) is 0 Å². The van der Waals surface area contributed by atoms with Crippen molar-refractivity contribution in [2.24, 2.45) is 0 Å². The van der Waals surface area contributed by atoms with Crippen LogP contribution < -0.4 is 0 Å². The summed E-state index contributed by atoms with van der Waals surface area (Å²) in [4.78, 5) is 21.6. The van der Waals surface area contributed by atoms with Crippen molar-refractivity contribution >= 4 is 11.9 Å². The van der Waals surface area contributed by atoms with Gasteiger partial charge in [0.1, 0.15) is 24.9 Å². The molecule has 2 rings (SSSR count). The summed E-state index contributed by atoms with van der Waals surface area (Å²) < 4.78 is 20.2. The van der Waals surface area contributed by atoms with Gasteiger partial charge in [-0.1, -0.05) is 0 Å². The lowest BCUT2D eigenvalue weighted by Gasteiger charge is -2.30. The summed E-state index contributed by atoms with van der Waals surface area (Å²) in [6, 6.07) is 0. The van der Waals surface area contributed by atoms with Gasteiger partial charge >= 0.3 is 11.9 Å². The molecule has 0 spiro atoms. The topological polar surface area (TPSA) is 94.6 Å². The zero-order valence-electron chi connectivity index (χ0n) is 9.49. The summed E-state index contributed by atoms with van der Waals surface area (Å²) in [5.74, 6) is -0.944. The van der Waals surface area contributed by atoms with Crippen LogP contribution in [0.2, 0.25) is 0 Å². The minimum atomic E-state index is -1.08. The highest BCUT2D eigenvalue weighted by Crippen LogP contribution is 2.38. The third-order valence-electron chi connectivity index (χ3n) is 2.60. The number of rotatable bonds is 3. The fourth-order valence-corrected chi connectivity index (χ4v) is 1.84. The summed E-state index contributed by atoms with van der Waals surface area (Å²) in [7, 11) is 0. The minimum Gasteiger partial charge on any atom is -0.463 e. The van der Waals surface area contributed by atoms with Gasteiger partial charge in [-0.25, -0.2) is 0 Å². The smallest absolute Gasteiger partial charge is 0.303 e. The van der Waals surface area contributed by atoms with Crippen LogP contribution in [0.15, 0.2) is 0 Å². The van der Waals surface area contributed by atoms with E-state index in [1.54, 1.807) is 0 Å². The molecule has 0 bridgehead atoms. The second-order valence-electron chi connectivity index (χ2n) is 4.01. The fourth-order valence-electron chi connectivity index (χ4n) is 1.84. The van der Waals surface area contributed by atoms with E-state index in [-0.39, 0.29) is 12.7 Å². The fraction of sp³-hybridized carbons (Fsp3) is 0.800. The molecule has 0 aliphatic carbocycles. The largest absolute Gasteiger partial charge is 0.463 e. The molecule has 7 heteroatoms. The molecule has 0 amide bonds. The lowest BCUT2D eigenvalue weighted by molar-refractivity contribution is -0.210. The van der Waals surface area contributed by atoms with E-state index in [0.717, 1.165) is 0 Å². The molecule has 2 aliphatic rings. The normalized spacial score (nSPS) is 39.1. The number of ether oxygens (including phenoxy) is 4.